The van der Waals surface area contributed by atoms with Gasteiger partial charge in [0.25, 0.3) is 0 Å². The zero-order valence-corrected chi connectivity index (χ0v) is 10.7. The Morgan fingerprint density at radius 3 is 2.44 bits per heavy atom. The van der Waals surface area contributed by atoms with Crippen LogP contribution in [0, 0.1) is 5.41 Å². The van der Waals surface area contributed by atoms with Gasteiger partial charge < -0.3 is 19.7 Å². The quantitative estimate of drug-likeness (QED) is 0.848. The lowest BCUT2D eigenvalue weighted by Gasteiger charge is -2.24. The summed E-state index contributed by atoms with van der Waals surface area (Å²) in [6.45, 7) is 4.31. The summed E-state index contributed by atoms with van der Waals surface area (Å²) >= 11 is 0. The molecule has 2 N–H and O–H groups in total. The van der Waals surface area contributed by atoms with E-state index in [2.05, 4.69) is 0 Å². The van der Waals surface area contributed by atoms with Crippen LogP contribution >= 0.6 is 0 Å². The molecule has 0 spiro atoms. The average Bonchev–Trinajstić information content (AvgIpc) is 2.55. The molecule has 1 fully saturated rings. The number of hydrogen-bond donors (Lipinski definition) is 2. The van der Waals surface area contributed by atoms with Gasteiger partial charge in [-0.2, -0.15) is 0 Å². The predicted octanol–water partition coefficient (Wildman–Crippen LogP) is 1.31. The Morgan fingerprint density at radius 2 is 1.89 bits per heavy atom. The number of benzene rings is 1. The zero-order chi connectivity index (χ0) is 13.2. The molecule has 1 aliphatic rings. The Labute approximate surface area is 107 Å². The van der Waals surface area contributed by atoms with Crippen LogP contribution in [0.5, 0.6) is 0 Å². The van der Waals surface area contributed by atoms with Gasteiger partial charge in [0.15, 0.2) is 6.29 Å². The molecule has 0 saturated carbocycles. The molecule has 0 amide bonds. The fourth-order valence-corrected chi connectivity index (χ4v) is 2.04. The molecule has 0 bridgehead atoms. The summed E-state index contributed by atoms with van der Waals surface area (Å²) in [4.78, 5) is 0. The van der Waals surface area contributed by atoms with Crippen molar-refractivity contribution < 1.29 is 19.7 Å². The van der Waals surface area contributed by atoms with Crippen LogP contribution in [0.15, 0.2) is 30.3 Å². The summed E-state index contributed by atoms with van der Waals surface area (Å²) in [5, 5.41) is 19.7. The maximum absolute atomic E-state index is 10.0. The molecule has 2 rings (SSSR count). The van der Waals surface area contributed by atoms with Crippen molar-refractivity contribution in [1.82, 2.24) is 0 Å². The van der Waals surface area contributed by atoms with Gasteiger partial charge >= 0.3 is 0 Å². The van der Waals surface area contributed by atoms with Crippen LogP contribution in [-0.2, 0) is 16.1 Å². The van der Waals surface area contributed by atoms with Crippen LogP contribution < -0.4 is 0 Å². The van der Waals surface area contributed by atoms with Crippen molar-refractivity contribution in [2.24, 2.45) is 5.41 Å². The summed E-state index contributed by atoms with van der Waals surface area (Å²) in [6.07, 6.45) is -2.14. The predicted molar refractivity (Wildman–Crippen MR) is 66.8 cm³/mol. The first-order chi connectivity index (χ1) is 8.51. The van der Waals surface area contributed by atoms with Crippen molar-refractivity contribution >= 4 is 0 Å². The maximum Gasteiger partial charge on any atom is 0.162 e. The van der Waals surface area contributed by atoms with E-state index in [1.807, 2.05) is 30.3 Å². The Balaban J connectivity index is 1.82. The van der Waals surface area contributed by atoms with Gasteiger partial charge in [-0.05, 0) is 5.56 Å². The number of ether oxygens (including phenoxy) is 2. The summed E-state index contributed by atoms with van der Waals surface area (Å²) in [7, 11) is 0. The number of rotatable bonds is 4. The van der Waals surface area contributed by atoms with E-state index in [9.17, 15) is 10.2 Å². The molecule has 3 atom stereocenters. The van der Waals surface area contributed by atoms with Gasteiger partial charge in [0.2, 0.25) is 0 Å². The highest BCUT2D eigenvalue weighted by molar-refractivity contribution is 5.13. The van der Waals surface area contributed by atoms with E-state index < -0.39 is 23.9 Å². The fourth-order valence-electron chi connectivity index (χ4n) is 2.04. The zero-order valence-electron chi connectivity index (χ0n) is 10.7. The van der Waals surface area contributed by atoms with Gasteiger partial charge in [-0.3, -0.25) is 0 Å². The third kappa shape index (κ3) is 2.72. The second-order valence-corrected chi connectivity index (χ2v) is 5.29. The molecule has 0 aliphatic carbocycles. The number of aliphatic hydroxyl groups excluding tert-OH is 2. The van der Waals surface area contributed by atoms with E-state index >= 15 is 0 Å². The molecule has 1 aromatic carbocycles. The van der Waals surface area contributed by atoms with Gasteiger partial charge in [-0.15, -0.1) is 0 Å². The molecule has 1 saturated heterocycles. The van der Waals surface area contributed by atoms with Gasteiger partial charge in [-0.25, -0.2) is 0 Å². The highest BCUT2D eigenvalue weighted by Gasteiger charge is 2.49. The van der Waals surface area contributed by atoms with E-state index in [4.69, 9.17) is 9.47 Å². The molecule has 4 heteroatoms. The molecule has 1 aromatic rings. The topological polar surface area (TPSA) is 58.9 Å². The van der Waals surface area contributed by atoms with Crippen LogP contribution in [0.4, 0.5) is 0 Å². The van der Waals surface area contributed by atoms with Crippen LogP contribution in [0.25, 0.3) is 0 Å². The summed E-state index contributed by atoms with van der Waals surface area (Å²) in [5.74, 6) is 0. The van der Waals surface area contributed by atoms with Gasteiger partial charge in [0.05, 0.1) is 19.3 Å². The smallest absolute Gasteiger partial charge is 0.162 e. The minimum atomic E-state index is -0.946. The standard InChI is InChI=1S/C14H20O4/c1-14(2)12(15)11(18-13(14)16)9-17-8-10-6-4-3-5-7-10/h3-7,11-13,15-16H,8-9H2,1-2H3/t11-,12-,13-/m1/s1. The molecule has 0 unspecified atom stereocenters. The van der Waals surface area contributed by atoms with Crippen LogP contribution in [0.1, 0.15) is 19.4 Å². The molecule has 1 heterocycles. The van der Waals surface area contributed by atoms with Crippen molar-refractivity contribution in [3.8, 4) is 0 Å². The lowest BCUT2D eigenvalue weighted by Crippen LogP contribution is -2.37. The molecule has 0 radical (unpaired) electrons. The summed E-state index contributed by atoms with van der Waals surface area (Å²) in [6, 6.07) is 9.81. The SMILES string of the molecule is CC1(C)[C@H](O)O[C@H](COCc2ccccc2)[C@H]1O. The number of aliphatic hydroxyl groups is 2. The van der Waals surface area contributed by atoms with Crippen molar-refractivity contribution in [1.29, 1.82) is 0 Å². The van der Waals surface area contributed by atoms with Crippen molar-refractivity contribution in [2.75, 3.05) is 6.61 Å². The molecular formula is C14H20O4. The van der Waals surface area contributed by atoms with Crippen molar-refractivity contribution in [3.05, 3.63) is 35.9 Å². The van der Waals surface area contributed by atoms with E-state index in [-0.39, 0.29) is 6.61 Å². The lowest BCUT2D eigenvalue weighted by atomic mass is 9.86. The molecule has 0 aromatic heterocycles. The van der Waals surface area contributed by atoms with Gasteiger partial charge in [0, 0.05) is 5.41 Å². The first kappa shape index (κ1) is 13.5. The van der Waals surface area contributed by atoms with E-state index in [0.717, 1.165) is 5.56 Å². The Kier molecular flexibility index (Phi) is 4.02. The minimum Gasteiger partial charge on any atom is -0.390 e. The van der Waals surface area contributed by atoms with Crippen molar-refractivity contribution in [2.45, 2.75) is 39.0 Å². The molecule has 4 nitrogen and oxygen atoms in total. The third-order valence-electron chi connectivity index (χ3n) is 3.45. The number of hydrogen-bond acceptors (Lipinski definition) is 4. The Bertz CT molecular complexity index is 377. The molecule has 1 aliphatic heterocycles. The summed E-state index contributed by atoms with van der Waals surface area (Å²) in [5.41, 5.74) is 0.422. The van der Waals surface area contributed by atoms with Gasteiger partial charge in [-0.1, -0.05) is 44.2 Å². The average molecular weight is 252 g/mol. The highest BCUT2D eigenvalue weighted by Crippen LogP contribution is 2.36. The fraction of sp³-hybridized carbons (Fsp3) is 0.571. The van der Waals surface area contributed by atoms with E-state index in [1.165, 1.54) is 0 Å². The van der Waals surface area contributed by atoms with Crippen LogP contribution in [0.3, 0.4) is 0 Å². The molecular weight excluding hydrogens is 232 g/mol. The first-order valence-corrected chi connectivity index (χ1v) is 6.15. The van der Waals surface area contributed by atoms with Gasteiger partial charge in [0.1, 0.15) is 6.10 Å². The minimum absolute atomic E-state index is 0.274. The van der Waals surface area contributed by atoms with E-state index in [0.29, 0.717) is 6.61 Å². The lowest BCUT2D eigenvalue weighted by molar-refractivity contribution is -0.138. The van der Waals surface area contributed by atoms with E-state index in [1.54, 1.807) is 13.8 Å². The normalized spacial score (nSPS) is 30.6. The largest absolute Gasteiger partial charge is 0.390 e. The first-order valence-electron chi connectivity index (χ1n) is 6.15. The summed E-state index contributed by atoms with van der Waals surface area (Å²) < 4.78 is 10.8. The molecule has 100 valence electrons. The Hall–Kier alpha value is -0.940. The van der Waals surface area contributed by atoms with Crippen molar-refractivity contribution in [3.63, 3.8) is 0 Å². The Morgan fingerprint density at radius 1 is 1.22 bits per heavy atom. The maximum atomic E-state index is 10.0. The van der Waals surface area contributed by atoms with Crippen LogP contribution in [-0.4, -0.2) is 35.3 Å². The van der Waals surface area contributed by atoms with Crippen LogP contribution in [0.2, 0.25) is 0 Å². The second-order valence-electron chi connectivity index (χ2n) is 5.29. The molecule has 18 heavy (non-hydrogen) atoms. The highest BCUT2D eigenvalue weighted by atomic mass is 16.6. The third-order valence-corrected chi connectivity index (χ3v) is 3.45. The second kappa shape index (κ2) is 5.36. The monoisotopic (exact) mass is 252 g/mol.